The molecule has 0 spiro atoms. The van der Waals surface area contributed by atoms with E-state index in [1.165, 1.54) is 0 Å². The summed E-state index contributed by atoms with van der Waals surface area (Å²) in [4.78, 5) is 23.6. The summed E-state index contributed by atoms with van der Waals surface area (Å²) in [7, 11) is -1.22. The second-order valence-corrected chi connectivity index (χ2v) is 20.0. The summed E-state index contributed by atoms with van der Waals surface area (Å²) >= 11 is 0. The number of para-hydroxylation sites is 1. The van der Waals surface area contributed by atoms with Gasteiger partial charge in [0, 0.05) is 67.0 Å². The minimum atomic E-state index is -1.22. The first kappa shape index (κ1) is 31.4. The van der Waals surface area contributed by atoms with Crippen LogP contribution in [-0.2, 0) is 27.5 Å². The third kappa shape index (κ3) is 6.96. The molecule has 0 saturated carbocycles. The number of rotatable bonds is 10. The highest BCUT2D eigenvalue weighted by Gasteiger charge is 2.29. The molecule has 6 rings (SSSR count). The fourth-order valence-electron chi connectivity index (χ4n) is 5.72. The third-order valence-electron chi connectivity index (χ3n) is 8.28. The molecule has 0 aliphatic carbocycles. The molecule has 236 valence electrons. The second-order valence-electron chi connectivity index (χ2n) is 14.4. The van der Waals surface area contributed by atoms with E-state index in [-0.39, 0.29) is 18.0 Å². The molecule has 0 amide bonds. The molecule has 2 aromatic carbocycles. The molecule has 0 unspecified atom stereocenters. The van der Waals surface area contributed by atoms with Crippen LogP contribution < -0.4 is 0 Å². The highest BCUT2D eigenvalue weighted by atomic mass is 28.3. The quantitative estimate of drug-likeness (QED) is 0.0891. The molecule has 45 heavy (non-hydrogen) atoms. The first-order chi connectivity index (χ1) is 21.5. The van der Waals surface area contributed by atoms with Crippen molar-refractivity contribution in [2.75, 3.05) is 19.8 Å². The molecule has 5 aromatic rings. The van der Waals surface area contributed by atoms with Crippen molar-refractivity contribution in [3.8, 4) is 11.3 Å². The van der Waals surface area contributed by atoms with Crippen LogP contribution in [0.5, 0.6) is 0 Å². The fraction of sp³-hybridized carbons (Fsp3) is 0.417. The minimum Gasteiger partial charge on any atom is -0.361 e. The summed E-state index contributed by atoms with van der Waals surface area (Å²) in [6, 6.07) is 19.5. The Balaban J connectivity index is 1.29. The van der Waals surface area contributed by atoms with Gasteiger partial charge in [0.15, 0.2) is 17.7 Å². The van der Waals surface area contributed by atoms with Crippen LogP contribution in [-0.4, -0.2) is 52.8 Å². The zero-order valence-corrected chi connectivity index (χ0v) is 28.2. The maximum atomic E-state index is 13.6. The Labute approximate surface area is 266 Å². The van der Waals surface area contributed by atoms with Gasteiger partial charge in [-0.2, -0.15) is 0 Å². The molecular formula is C36H44N4O4Si. The Morgan fingerprint density at radius 2 is 1.69 bits per heavy atom. The molecule has 0 N–H and O–H groups in total. The number of Topliss-reactive ketones (excluding diaryl/α,β-unsaturated/α-hetero) is 1. The summed E-state index contributed by atoms with van der Waals surface area (Å²) in [6.07, 6.45) is 5.50. The van der Waals surface area contributed by atoms with E-state index in [2.05, 4.69) is 48.6 Å². The lowest BCUT2D eigenvalue weighted by molar-refractivity contribution is -0.206. The maximum absolute atomic E-state index is 13.6. The predicted molar refractivity (Wildman–Crippen MR) is 181 cm³/mol. The number of ether oxygens (including phenoxy) is 3. The molecule has 8 nitrogen and oxygen atoms in total. The van der Waals surface area contributed by atoms with Crippen molar-refractivity contribution < 1.29 is 19.0 Å². The van der Waals surface area contributed by atoms with Crippen LogP contribution in [0.25, 0.3) is 33.3 Å². The minimum absolute atomic E-state index is 0.0355. The molecule has 1 aliphatic heterocycles. The van der Waals surface area contributed by atoms with Crippen molar-refractivity contribution in [2.24, 2.45) is 11.3 Å². The Morgan fingerprint density at radius 1 is 0.978 bits per heavy atom. The van der Waals surface area contributed by atoms with E-state index in [9.17, 15) is 4.79 Å². The number of ketones is 1. The Kier molecular flexibility index (Phi) is 8.80. The van der Waals surface area contributed by atoms with Crippen LogP contribution in [0.4, 0.5) is 0 Å². The lowest BCUT2D eigenvalue weighted by Gasteiger charge is -2.30. The van der Waals surface area contributed by atoms with Gasteiger partial charge in [0.1, 0.15) is 12.2 Å². The van der Waals surface area contributed by atoms with E-state index in [0.717, 1.165) is 40.3 Å². The summed E-state index contributed by atoms with van der Waals surface area (Å²) in [5.41, 5.74) is 5.15. The zero-order chi connectivity index (χ0) is 31.8. The van der Waals surface area contributed by atoms with Crippen LogP contribution in [0.15, 0.2) is 73.2 Å². The number of aromatic nitrogens is 4. The van der Waals surface area contributed by atoms with E-state index in [1.807, 2.05) is 74.1 Å². The molecule has 0 radical (unpaired) electrons. The predicted octanol–water partition coefficient (Wildman–Crippen LogP) is 7.96. The molecule has 0 bridgehead atoms. The van der Waals surface area contributed by atoms with Crippen LogP contribution in [0.1, 0.15) is 43.0 Å². The van der Waals surface area contributed by atoms with Gasteiger partial charge in [-0.05, 0) is 12.1 Å². The Bertz CT molecular complexity index is 1790. The monoisotopic (exact) mass is 624 g/mol. The van der Waals surface area contributed by atoms with Crippen LogP contribution >= 0.6 is 0 Å². The highest BCUT2D eigenvalue weighted by Crippen LogP contribution is 2.34. The maximum Gasteiger partial charge on any atom is 0.183 e. The average Bonchev–Trinajstić information content (AvgIpc) is 3.57. The molecular weight excluding hydrogens is 581 g/mol. The van der Waals surface area contributed by atoms with Crippen LogP contribution in [0.3, 0.4) is 0 Å². The topological polar surface area (TPSA) is 80.4 Å². The van der Waals surface area contributed by atoms with Gasteiger partial charge in [-0.3, -0.25) is 4.79 Å². The van der Waals surface area contributed by atoms with Crippen LogP contribution in [0, 0.1) is 11.3 Å². The van der Waals surface area contributed by atoms with Crippen LogP contribution in [0.2, 0.25) is 25.7 Å². The number of carbonyl (C=O) groups is 1. The van der Waals surface area contributed by atoms with Gasteiger partial charge >= 0.3 is 0 Å². The first-order valence-corrected chi connectivity index (χ1v) is 19.5. The number of benzene rings is 2. The summed E-state index contributed by atoms with van der Waals surface area (Å²) in [6.45, 7) is 15.8. The lowest BCUT2D eigenvalue weighted by Crippen LogP contribution is -2.30. The lowest BCUT2D eigenvalue weighted by atomic mass is 9.87. The third-order valence-corrected chi connectivity index (χ3v) is 9.98. The molecule has 9 heteroatoms. The fourth-order valence-corrected chi connectivity index (χ4v) is 6.48. The van der Waals surface area contributed by atoms with E-state index < -0.39 is 13.5 Å². The van der Waals surface area contributed by atoms with Gasteiger partial charge in [0.25, 0.3) is 0 Å². The summed E-state index contributed by atoms with van der Waals surface area (Å²) < 4.78 is 22.5. The standard InChI is InChI=1S/C36H44N4O4Si/c1-36(2,3)33(41)29-21-40(24-42-16-17-45(4,5)6)34-32(29)38-30(18-37-34)28-20-39(31-15-11-10-14-27(28)31)19-25-22-43-35(44-23-25)26-12-8-7-9-13-26/h7-15,18,20-21,25,35H,16-17,19,22-24H2,1-6H3. The van der Waals surface area contributed by atoms with Gasteiger partial charge in [-0.25, -0.2) is 9.97 Å². The van der Waals surface area contributed by atoms with E-state index in [4.69, 9.17) is 24.2 Å². The first-order valence-electron chi connectivity index (χ1n) is 15.8. The number of hydrogen-bond donors (Lipinski definition) is 0. The molecule has 4 heterocycles. The van der Waals surface area contributed by atoms with E-state index in [1.54, 1.807) is 0 Å². The van der Waals surface area contributed by atoms with Crippen molar-refractivity contribution >= 4 is 35.9 Å². The SMILES string of the molecule is CC(C)(C)C(=O)c1cn(COCC[Si](C)(C)C)c2ncc(-c3cn(CC4COC(c5ccccc5)OC4)c4ccccc34)nc12. The normalized spacial score (nSPS) is 17.7. The zero-order valence-electron chi connectivity index (χ0n) is 27.2. The van der Waals surface area contributed by atoms with Crippen molar-refractivity contribution in [3.63, 3.8) is 0 Å². The largest absolute Gasteiger partial charge is 0.361 e. The molecule has 1 fully saturated rings. The van der Waals surface area contributed by atoms with Crippen molar-refractivity contribution in [1.29, 1.82) is 0 Å². The van der Waals surface area contributed by atoms with E-state index in [0.29, 0.717) is 43.3 Å². The number of nitrogens with zero attached hydrogens (tertiary/aromatic N) is 4. The molecule has 0 atom stereocenters. The highest BCUT2D eigenvalue weighted by molar-refractivity contribution is 6.76. The Morgan fingerprint density at radius 3 is 2.40 bits per heavy atom. The van der Waals surface area contributed by atoms with Gasteiger partial charge in [0.05, 0.1) is 30.7 Å². The average molecular weight is 625 g/mol. The van der Waals surface area contributed by atoms with Gasteiger partial charge in [0.2, 0.25) is 0 Å². The van der Waals surface area contributed by atoms with Crippen molar-refractivity contribution in [1.82, 2.24) is 19.1 Å². The molecule has 1 aliphatic rings. The Hall–Kier alpha value is -3.63. The second kappa shape index (κ2) is 12.6. The van der Waals surface area contributed by atoms with Gasteiger partial charge < -0.3 is 23.3 Å². The molecule has 1 saturated heterocycles. The number of hydrogen-bond acceptors (Lipinski definition) is 6. The summed E-state index contributed by atoms with van der Waals surface area (Å²) in [5, 5.41) is 1.09. The summed E-state index contributed by atoms with van der Waals surface area (Å²) in [5.74, 6) is 0.238. The van der Waals surface area contributed by atoms with Crippen molar-refractivity contribution in [3.05, 3.63) is 84.3 Å². The van der Waals surface area contributed by atoms with Crippen molar-refractivity contribution in [2.45, 2.75) is 66.0 Å². The van der Waals surface area contributed by atoms with Gasteiger partial charge in [-0.15, -0.1) is 0 Å². The van der Waals surface area contributed by atoms with E-state index >= 15 is 0 Å². The molecule has 3 aromatic heterocycles. The number of carbonyl (C=O) groups excluding carboxylic acids is 1. The van der Waals surface area contributed by atoms with Gasteiger partial charge in [-0.1, -0.05) is 88.9 Å². The number of fused-ring (bicyclic) bond motifs is 2. The smallest absolute Gasteiger partial charge is 0.183 e.